The molecule has 0 heterocycles. The van der Waals surface area contributed by atoms with Gasteiger partial charge in [-0.2, -0.15) is 8.42 Å². The Kier molecular flexibility index (Phi) is 23.5. The molecule has 204 valence electrons. The van der Waals surface area contributed by atoms with E-state index in [1.165, 1.54) is 96.3 Å². The quantitative estimate of drug-likeness (QED) is 0.0804. The molecule has 36 heavy (non-hydrogen) atoms. The number of hydrogen-bond donors (Lipinski definition) is 0. The Balaban J connectivity index is 0.0000122. The van der Waals surface area contributed by atoms with E-state index in [0.29, 0.717) is 6.42 Å². The van der Waals surface area contributed by atoms with Crippen molar-refractivity contribution in [2.75, 3.05) is 0 Å². The van der Waals surface area contributed by atoms with Gasteiger partial charge in [0.05, 0.1) is 0 Å². The van der Waals surface area contributed by atoms with Crippen LogP contribution >= 0.6 is 0 Å². The standard InChI is InChI=1S/C30H52O4S.Na.H/c1-3-5-7-9-11-13-15-16-18-20-22-28-24-26-29(27-25-28)35(32,33)34-30(31)23-21-19-17-14-12-10-8-6-4-2;;/h24-27H,3-23H2,1-2H3;;. The third kappa shape index (κ3) is 18.8. The number of unbranched alkanes of at least 4 members (excludes halogenated alkanes) is 17. The molecule has 0 N–H and O–H groups in total. The van der Waals surface area contributed by atoms with Crippen molar-refractivity contribution >= 4 is 45.6 Å². The Morgan fingerprint density at radius 1 is 0.611 bits per heavy atom. The molecule has 1 aromatic rings. The first-order valence-electron chi connectivity index (χ1n) is 14.6. The third-order valence-electron chi connectivity index (χ3n) is 6.72. The van der Waals surface area contributed by atoms with Gasteiger partial charge in [-0.1, -0.05) is 135 Å². The number of aryl methyl sites for hydroxylation is 1. The van der Waals surface area contributed by atoms with Crippen LogP contribution in [0.1, 0.15) is 148 Å². The van der Waals surface area contributed by atoms with Gasteiger partial charge in [-0.15, -0.1) is 0 Å². The molecule has 0 radical (unpaired) electrons. The summed E-state index contributed by atoms with van der Waals surface area (Å²) in [6.45, 7) is 4.47. The Morgan fingerprint density at radius 3 is 1.44 bits per heavy atom. The van der Waals surface area contributed by atoms with E-state index in [2.05, 4.69) is 13.8 Å². The minimum absolute atomic E-state index is 0. The van der Waals surface area contributed by atoms with Crippen molar-refractivity contribution in [1.29, 1.82) is 0 Å². The van der Waals surface area contributed by atoms with Crippen molar-refractivity contribution in [1.82, 2.24) is 0 Å². The van der Waals surface area contributed by atoms with Crippen molar-refractivity contribution in [2.45, 2.75) is 154 Å². The van der Waals surface area contributed by atoms with E-state index in [4.69, 9.17) is 4.18 Å². The molecule has 6 heteroatoms. The summed E-state index contributed by atoms with van der Waals surface area (Å²) >= 11 is 0. The van der Waals surface area contributed by atoms with Crippen LogP contribution in [-0.4, -0.2) is 43.9 Å². The van der Waals surface area contributed by atoms with Crippen LogP contribution in [0, 0.1) is 0 Å². The number of rotatable bonds is 23. The molecule has 0 aromatic heterocycles. The topological polar surface area (TPSA) is 60.4 Å². The maximum absolute atomic E-state index is 12.4. The van der Waals surface area contributed by atoms with Crippen LogP contribution in [0.15, 0.2) is 29.2 Å². The van der Waals surface area contributed by atoms with Crippen LogP contribution in [-0.2, 0) is 25.5 Å². The molecule has 0 amide bonds. The second-order valence-corrected chi connectivity index (χ2v) is 11.6. The van der Waals surface area contributed by atoms with Gasteiger partial charge in [0.15, 0.2) is 0 Å². The van der Waals surface area contributed by atoms with Crippen molar-refractivity contribution in [3.05, 3.63) is 29.8 Å². The number of hydrogen-bond acceptors (Lipinski definition) is 4. The van der Waals surface area contributed by atoms with Crippen LogP contribution in [0.3, 0.4) is 0 Å². The van der Waals surface area contributed by atoms with Gasteiger partial charge in [0.2, 0.25) is 0 Å². The van der Waals surface area contributed by atoms with Gasteiger partial charge in [-0.25, -0.2) is 0 Å². The maximum atomic E-state index is 12.4. The third-order valence-corrected chi connectivity index (χ3v) is 7.97. The van der Waals surface area contributed by atoms with Gasteiger partial charge in [0, 0.05) is 6.42 Å². The normalized spacial score (nSPS) is 11.3. The molecule has 1 aromatic carbocycles. The van der Waals surface area contributed by atoms with E-state index in [1.54, 1.807) is 12.1 Å². The summed E-state index contributed by atoms with van der Waals surface area (Å²) in [5, 5.41) is 0. The molecule has 0 spiro atoms. The molecule has 0 aliphatic carbocycles. The summed E-state index contributed by atoms with van der Waals surface area (Å²) in [4.78, 5) is 12.1. The predicted molar refractivity (Wildman–Crippen MR) is 154 cm³/mol. The molecule has 0 atom stereocenters. The molecule has 0 bridgehead atoms. The number of carbonyl (C=O) groups is 1. The Morgan fingerprint density at radius 2 is 1.00 bits per heavy atom. The summed E-state index contributed by atoms with van der Waals surface area (Å²) in [5.74, 6) is -0.651. The van der Waals surface area contributed by atoms with Gasteiger partial charge in [-0.3, -0.25) is 4.79 Å². The molecule has 4 nitrogen and oxygen atoms in total. The molecule has 0 aliphatic rings. The van der Waals surface area contributed by atoms with Gasteiger partial charge >= 0.3 is 45.6 Å². The molecular formula is C30H53NaO4S. The summed E-state index contributed by atoms with van der Waals surface area (Å²) in [5.41, 5.74) is 1.13. The second-order valence-electron chi connectivity index (χ2n) is 10.1. The Bertz CT molecular complexity index is 747. The Labute approximate surface area is 245 Å². The first-order chi connectivity index (χ1) is 17.0. The molecule has 0 fully saturated rings. The zero-order chi connectivity index (χ0) is 25.6. The van der Waals surface area contributed by atoms with E-state index >= 15 is 0 Å². The Hall–Kier alpha value is -0.360. The predicted octanol–water partition coefficient (Wildman–Crippen LogP) is 8.65. The van der Waals surface area contributed by atoms with Gasteiger partial charge < -0.3 is 4.18 Å². The van der Waals surface area contributed by atoms with Crippen molar-refractivity contribution in [3.8, 4) is 0 Å². The molecule has 0 saturated carbocycles. The molecular weight excluding hydrogens is 479 g/mol. The zero-order valence-corrected chi connectivity index (χ0v) is 23.5. The summed E-state index contributed by atoms with van der Waals surface area (Å²) in [6.07, 6.45) is 24.4. The SMILES string of the molecule is CCCCCCCCCCCCc1ccc(S(=O)(=O)OC(=O)CCCCCCCCCCC)cc1.[NaH]. The fourth-order valence-electron chi connectivity index (χ4n) is 4.43. The molecule has 0 aliphatic heterocycles. The van der Waals surface area contributed by atoms with Crippen LogP contribution < -0.4 is 0 Å². The molecule has 1 rings (SSSR count). The van der Waals surface area contributed by atoms with E-state index in [1.807, 2.05) is 12.1 Å². The van der Waals surface area contributed by atoms with Crippen LogP contribution in [0.4, 0.5) is 0 Å². The fourth-order valence-corrected chi connectivity index (χ4v) is 5.33. The monoisotopic (exact) mass is 532 g/mol. The molecule has 0 saturated heterocycles. The number of carbonyl (C=O) groups excluding carboxylic acids is 1. The van der Waals surface area contributed by atoms with Crippen molar-refractivity contribution in [2.24, 2.45) is 0 Å². The molecule has 0 unspecified atom stereocenters. The van der Waals surface area contributed by atoms with Crippen LogP contribution in [0.25, 0.3) is 0 Å². The van der Waals surface area contributed by atoms with E-state index < -0.39 is 16.1 Å². The summed E-state index contributed by atoms with van der Waals surface area (Å²) < 4.78 is 29.7. The second kappa shape index (κ2) is 23.7. The van der Waals surface area contributed by atoms with Crippen molar-refractivity contribution in [3.63, 3.8) is 0 Å². The fraction of sp³-hybridized carbons (Fsp3) is 0.767. The minimum atomic E-state index is -4.03. The van der Waals surface area contributed by atoms with E-state index in [0.717, 1.165) is 31.2 Å². The van der Waals surface area contributed by atoms with Crippen LogP contribution in [0.2, 0.25) is 0 Å². The van der Waals surface area contributed by atoms with Crippen LogP contribution in [0.5, 0.6) is 0 Å². The van der Waals surface area contributed by atoms with Gasteiger partial charge in [0.1, 0.15) is 4.90 Å². The first-order valence-corrected chi connectivity index (χ1v) is 16.0. The number of benzene rings is 1. The van der Waals surface area contributed by atoms with E-state index in [-0.39, 0.29) is 40.9 Å². The van der Waals surface area contributed by atoms with Gasteiger partial charge in [0.25, 0.3) is 0 Å². The summed E-state index contributed by atoms with van der Waals surface area (Å²) in [6, 6.07) is 6.81. The average molecular weight is 533 g/mol. The van der Waals surface area contributed by atoms with E-state index in [9.17, 15) is 13.2 Å². The van der Waals surface area contributed by atoms with Crippen molar-refractivity contribution < 1.29 is 17.4 Å². The summed E-state index contributed by atoms with van der Waals surface area (Å²) in [7, 11) is -4.03. The zero-order valence-electron chi connectivity index (χ0n) is 22.7. The average Bonchev–Trinajstić information content (AvgIpc) is 2.84. The van der Waals surface area contributed by atoms with Gasteiger partial charge in [-0.05, 0) is 37.0 Å². The first kappa shape index (κ1) is 35.6.